The van der Waals surface area contributed by atoms with E-state index in [1.165, 1.54) is 0 Å². The van der Waals surface area contributed by atoms with Gasteiger partial charge in [0.25, 0.3) is 0 Å². The average Bonchev–Trinajstić information content (AvgIpc) is 2.95. The number of rotatable bonds is 5. The summed E-state index contributed by atoms with van der Waals surface area (Å²) >= 11 is 0. The van der Waals surface area contributed by atoms with Crippen LogP contribution in [0.4, 0.5) is 0 Å². The lowest BCUT2D eigenvalue weighted by Gasteiger charge is -2.30. The summed E-state index contributed by atoms with van der Waals surface area (Å²) in [7, 11) is 0. The second kappa shape index (κ2) is 6.45. The number of nitrogens with two attached hydrogens (primary N) is 1. The van der Waals surface area contributed by atoms with Gasteiger partial charge in [-0.2, -0.15) is 4.98 Å². The monoisotopic (exact) mass is 268 g/mol. The van der Waals surface area contributed by atoms with Crippen LogP contribution >= 0.6 is 0 Å². The number of likely N-dealkylation sites (N-methyl/N-ethyl adjacent to an activating group) is 1. The van der Waals surface area contributed by atoms with E-state index in [9.17, 15) is 0 Å². The molecule has 2 heterocycles. The van der Waals surface area contributed by atoms with Gasteiger partial charge in [-0.1, -0.05) is 32.3 Å². The van der Waals surface area contributed by atoms with Crippen molar-refractivity contribution >= 4 is 0 Å². The molecule has 1 saturated heterocycles. The highest BCUT2D eigenvalue weighted by Gasteiger charge is 2.27. The van der Waals surface area contributed by atoms with Crippen LogP contribution in [0.5, 0.6) is 0 Å². The van der Waals surface area contributed by atoms with Gasteiger partial charge in [-0.05, 0) is 12.5 Å². The Balaban J connectivity index is 2.04. The van der Waals surface area contributed by atoms with Crippen molar-refractivity contribution in [2.45, 2.75) is 39.3 Å². The van der Waals surface area contributed by atoms with Gasteiger partial charge in [0.1, 0.15) is 6.10 Å². The number of hydrogen-bond donors (Lipinski definition) is 1. The van der Waals surface area contributed by atoms with E-state index in [4.69, 9.17) is 15.0 Å². The molecule has 2 N–H and O–H groups in total. The molecule has 1 aromatic rings. The van der Waals surface area contributed by atoms with Gasteiger partial charge < -0.3 is 15.0 Å². The fourth-order valence-electron chi connectivity index (χ4n) is 2.16. The third-order valence-electron chi connectivity index (χ3n) is 3.89. The summed E-state index contributed by atoms with van der Waals surface area (Å²) in [5.74, 6) is 1.46. The zero-order valence-electron chi connectivity index (χ0n) is 12.0. The van der Waals surface area contributed by atoms with Gasteiger partial charge in [-0.3, -0.25) is 4.90 Å². The highest BCUT2D eigenvalue weighted by Crippen LogP contribution is 2.24. The molecule has 1 aliphatic rings. The summed E-state index contributed by atoms with van der Waals surface area (Å²) in [6.45, 7) is 9.83. The van der Waals surface area contributed by atoms with Crippen LogP contribution in [0.3, 0.4) is 0 Å². The molecule has 1 fully saturated rings. The highest BCUT2D eigenvalue weighted by atomic mass is 16.5. The number of nitrogens with zero attached hydrogens (tertiary/aromatic N) is 3. The Morgan fingerprint density at radius 1 is 1.47 bits per heavy atom. The zero-order chi connectivity index (χ0) is 13.8. The molecule has 6 heteroatoms. The molecule has 3 atom stereocenters. The first-order valence-electron chi connectivity index (χ1n) is 7.08. The van der Waals surface area contributed by atoms with Crippen molar-refractivity contribution in [3.8, 4) is 0 Å². The van der Waals surface area contributed by atoms with Crippen LogP contribution in [0.1, 0.15) is 51.1 Å². The fraction of sp³-hybridized carbons (Fsp3) is 0.846. The van der Waals surface area contributed by atoms with Crippen molar-refractivity contribution in [2.75, 3.05) is 26.2 Å². The number of ether oxygens (including phenoxy) is 1. The minimum Gasteiger partial charge on any atom is -0.367 e. The molecule has 19 heavy (non-hydrogen) atoms. The maximum absolute atomic E-state index is 6.10. The van der Waals surface area contributed by atoms with Gasteiger partial charge in [-0.15, -0.1) is 0 Å². The summed E-state index contributed by atoms with van der Waals surface area (Å²) in [6, 6.07) is -0.197. The van der Waals surface area contributed by atoms with Crippen molar-refractivity contribution in [1.82, 2.24) is 15.0 Å². The minimum atomic E-state index is -0.197. The van der Waals surface area contributed by atoms with Crippen LogP contribution in [-0.2, 0) is 4.74 Å². The van der Waals surface area contributed by atoms with E-state index in [0.717, 1.165) is 26.1 Å². The smallest absolute Gasteiger partial charge is 0.243 e. The van der Waals surface area contributed by atoms with Crippen LogP contribution in [0.2, 0.25) is 0 Å². The van der Waals surface area contributed by atoms with Crippen molar-refractivity contribution < 1.29 is 9.26 Å². The second-order valence-corrected chi connectivity index (χ2v) is 5.15. The molecule has 0 bridgehead atoms. The summed E-state index contributed by atoms with van der Waals surface area (Å²) in [6.07, 6.45) is 0.887. The molecule has 6 nitrogen and oxygen atoms in total. The van der Waals surface area contributed by atoms with E-state index in [1.807, 2.05) is 0 Å². The molecule has 2 unspecified atom stereocenters. The molecule has 0 aliphatic carbocycles. The first-order chi connectivity index (χ1) is 9.15. The molecule has 1 aromatic heterocycles. The average molecular weight is 268 g/mol. The Bertz CT molecular complexity index is 396. The Morgan fingerprint density at radius 2 is 2.26 bits per heavy atom. The molecule has 2 rings (SSSR count). The van der Waals surface area contributed by atoms with Crippen molar-refractivity contribution in [3.05, 3.63) is 11.7 Å². The molecule has 0 radical (unpaired) electrons. The van der Waals surface area contributed by atoms with Crippen molar-refractivity contribution in [2.24, 2.45) is 11.7 Å². The number of aromatic nitrogens is 2. The second-order valence-electron chi connectivity index (χ2n) is 5.15. The van der Waals surface area contributed by atoms with Crippen LogP contribution in [0.15, 0.2) is 4.52 Å². The summed E-state index contributed by atoms with van der Waals surface area (Å²) in [5.41, 5.74) is 6.10. The molecule has 0 aromatic carbocycles. The molecule has 1 aliphatic heterocycles. The largest absolute Gasteiger partial charge is 0.367 e. The lowest BCUT2D eigenvalue weighted by molar-refractivity contribution is -0.0334. The molecule has 0 spiro atoms. The van der Waals surface area contributed by atoms with Crippen LogP contribution in [0, 0.1) is 5.92 Å². The van der Waals surface area contributed by atoms with Gasteiger partial charge >= 0.3 is 0 Å². The van der Waals surface area contributed by atoms with Crippen molar-refractivity contribution in [3.63, 3.8) is 0 Å². The Morgan fingerprint density at radius 3 is 2.95 bits per heavy atom. The van der Waals surface area contributed by atoms with Gasteiger partial charge in [0.2, 0.25) is 11.7 Å². The summed E-state index contributed by atoms with van der Waals surface area (Å²) in [5, 5.41) is 4.03. The first-order valence-corrected chi connectivity index (χ1v) is 7.08. The molecule has 0 amide bonds. The Kier molecular flexibility index (Phi) is 4.90. The maximum atomic E-state index is 6.10. The van der Waals surface area contributed by atoms with Crippen LogP contribution < -0.4 is 5.73 Å². The summed E-state index contributed by atoms with van der Waals surface area (Å²) in [4.78, 5) is 6.74. The fourth-order valence-corrected chi connectivity index (χ4v) is 2.16. The third kappa shape index (κ3) is 3.32. The number of hydrogen-bond acceptors (Lipinski definition) is 6. The van der Waals surface area contributed by atoms with E-state index in [-0.39, 0.29) is 12.1 Å². The molecule has 108 valence electrons. The Hall–Kier alpha value is -0.980. The topological polar surface area (TPSA) is 77.4 Å². The van der Waals surface area contributed by atoms with Gasteiger partial charge in [0.05, 0.1) is 12.6 Å². The lowest BCUT2D eigenvalue weighted by atomic mass is 10.0. The molecule has 0 saturated carbocycles. The predicted octanol–water partition coefficient (Wildman–Crippen LogP) is 1.51. The summed E-state index contributed by atoms with van der Waals surface area (Å²) < 4.78 is 11.0. The third-order valence-corrected chi connectivity index (χ3v) is 3.89. The van der Waals surface area contributed by atoms with E-state index in [1.54, 1.807) is 0 Å². The standard InChI is InChI=1S/C13H24N4O2/c1-4-9(3)11(14)13-15-12(16-19-13)10-8-17(5-2)6-7-18-10/h9-11H,4-8,14H2,1-3H3/t9?,10?,11-/m0/s1. The van der Waals surface area contributed by atoms with E-state index in [2.05, 4.69) is 35.8 Å². The molecular weight excluding hydrogens is 244 g/mol. The number of morpholine rings is 1. The maximum Gasteiger partial charge on any atom is 0.243 e. The van der Waals surface area contributed by atoms with Crippen LogP contribution in [0.25, 0.3) is 0 Å². The Labute approximate surface area is 114 Å². The lowest BCUT2D eigenvalue weighted by Crippen LogP contribution is -2.38. The van der Waals surface area contributed by atoms with E-state index in [0.29, 0.717) is 24.2 Å². The van der Waals surface area contributed by atoms with E-state index >= 15 is 0 Å². The van der Waals surface area contributed by atoms with Crippen LogP contribution in [-0.4, -0.2) is 41.3 Å². The first kappa shape index (κ1) is 14.4. The van der Waals surface area contributed by atoms with Crippen molar-refractivity contribution in [1.29, 1.82) is 0 Å². The normalized spacial score (nSPS) is 24.3. The quantitative estimate of drug-likeness (QED) is 0.872. The minimum absolute atomic E-state index is 0.102. The zero-order valence-corrected chi connectivity index (χ0v) is 12.0. The molecular formula is C13H24N4O2. The van der Waals surface area contributed by atoms with Gasteiger partial charge in [0, 0.05) is 13.1 Å². The highest BCUT2D eigenvalue weighted by molar-refractivity contribution is 4.98. The van der Waals surface area contributed by atoms with Gasteiger partial charge in [-0.25, -0.2) is 0 Å². The SMILES string of the molecule is CCC(C)[C@H](N)c1nc(C2CN(CC)CCO2)no1. The van der Waals surface area contributed by atoms with E-state index < -0.39 is 0 Å². The van der Waals surface area contributed by atoms with Gasteiger partial charge in [0.15, 0.2) is 0 Å². The predicted molar refractivity (Wildman–Crippen MR) is 71.5 cm³/mol.